The van der Waals surface area contributed by atoms with Gasteiger partial charge in [0, 0.05) is 5.54 Å². The van der Waals surface area contributed by atoms with Crippen molar-refractivity contribution in [3.05, 3.63) is 11.1 Å². The summed E-state index contributed by atoms with van der Waals surface area (Å²) < 4.78 is 8.94. The van der Waals surface area contributed by atoms with E-state index in [0.717, 1.165) is 0 Å². The summed E-state index contributed by atoms with van der Waals surface area (Å²) in [6.45, 7) is 1.71. The lowest BCUT2D eigenvalue weighted by atomic mass is 10.0. The maximum absolute atomic E-state index is 11.2. The Morgan fingerprint density at radius 2 is 1.71 bits per heavy atom. The normalized spacial score (nSPS) is 11.4. The first kappa shape index (κ1) is 13.0. The van der Waals surface area contributed by atoms with Crippen molar-refractivity contribution < 1.29 is 19.1 Å². The summed E-state index contributed by atoms with van der Waals surface area (Å²) >= 11 is 5.43. The molecule has 0 atom stereocenters. The Labute approximate surface area is 87.8 Å². The number of ether oxygens (including phenoxy) is 2. The molecule has 0 aliphatic carbocycles. The van der Waals surface area contributed by atoms with Crippen molar-refractivity contribution in [2.45, 2.75) is 13.3 Å². The van der Waals surface area contributed by atoms with Crippen LogP contribution >= 0.6 is 11.6 Å². The zero-order valence-electron chi connectivity index (χ0n) is 8.37. The Morgan fingerprint density at radius 1 is 1.29 bits per heavy atom. The molecule has 0 saturated heterocycles. The minimum absolute atomic E-state index is 0.211. The molecule has 0 aliphatic rings. The van der Waals surface area contributed by atoms with Crippen LogP contribution < -0.4 is 0 Å². The monoisotopic (exact) mass is 220 g/mol. The lowest BCUT2D eigenvalue weighted by Gasteiger charge is -2.11. The van der Waals surface area contributed by atoms with E-state index >= 15 is 0 Å². The first-order chi connectivity index (χ1) is 6.56. The summed E-state index contributed by atoms with van der Waals surface area (Å²) in [7, 11) is 2.44. The van der Waals surface area contributed by atoms with Gasteiger partial charge in [-0.05, 0) is 13.3 Å². The van der Waals surface area contributed by atoms with Crippen LogP contribution in [0, 0.1) is 5.92 Å². The van der Waals surface area contributed by atoms with Gasteiger partial charge in [-0.2, -0.15) is 0 Å². The van der Waals surface area contributed by atoms with Gasteiger partial charge < -0.3 is 9.47 Å². The molecule has 0 heterocycles. The fourth-order valence-corrected chi connectivity index (χ4v) is 1.00. The largest absolute Gasteiger partial charge is 0.468 e. The molecule has 0 amide bonds. The van der Waals surface area contributed by atoms with Crippen molar-refractivity contribution in [2.24, 2.45) is 5.92 Å². The van der Waals surface area contributed by atoms with Crippen LogP contribution in [-0.2, 0) is 19.1 Å². The van der Waals surface area contributed by atoms with Gasteiger partial charge in [-0.1, -0.05) is 17.2 Å². The van der Waals surface area contributed by atoms with E-state index in [1.54, 1.807) is 6.92 Å². The van der Waals surface area contributed by atoms with Crippen molar-refractivity contribution in [1.82, 2.24) is 0 Å². The number of carbonyl (C=O) groups excluding carboxylic acids is 2. The highest BCUT2D eigenvalue weighted by Gasteiger charge is 2.28. The molecular formula is C9H13ClO4. The second-order valence-corrected chi connectivity index (χ2v) is 2.98. The summed E-state index contributed by atoms with van der Waals surface area (Å²) in [5.41, 5.74) is 2.03. The van der Waals surface area contributed by atoms with Gasteiger partial charge in [0.2, 0.25) is 0 Å². The zero-order chi connectivity index (χ0) is 11.1. The van der Waals surface area contributed by atoms with Gasteiger partial charge >= 0.3 is 11.9 Å². The van der Waals surface area contributed by atoms with Crippen LogP contribution in [0.15, 0.2) is 11.1 Å². The number of methoxy groups -OCH3 is 2. The molecule has 80 valence electrons. The summed E-state index contributed by atoms with van der Waals surface area (Å²) in [5.74, 6) is -2.16. The topological polar surface area (TPSA) is 52.6 Å². The van der Waals surface area contributed by atoms with Crippen LogP contribution in [0.4, 0.5) is 0 Å². The Morgan fingerprint density at radius 3 is 2.00 bits per heavy atom. The lowest BCUT2D eigenvalue weighted by Crippen LogP contribution is -2.26. The fourth-order valence-electron chi connectivity index (χ4n) is 0.914. The van der Waals surface area contributed by atoms with E-state index in [1.165, 1.54) is 19.8 Å². The van der Waals surface area contributed by atoms with E-state index in [9.17, 15) is 9.59 Å². The highest BCUT2D eigenvalue weighted by molar-refractivity contribution is 6.25. The molecular weight excluding hydrogens is 208 g/mol. The van der Waals surface area contributed by atoms with E-state index in [4.69, 9.17) is 11.6 Å². The number of rotatable bonds is 4. The molecule has 0 N–H and O–H groups in total. The van der Waals surface area contributed by atoms with Gasteiger partial charge in [0.15, 0.2) is 5.92 Å². The molecule has 0 radical (unpaired) electrons. The average molecular weight is 221 g/mol. The Balaban J connectivity index is 4.56. The quantitative estimate of drug-likeness (QED) is 0.532. The molecule has 14 heavy (non-hydrogen) atoms. The molecule has 4 nitrogen and oxygen atoms in total. The highest BCUT2D eigenvalue weighted by atomic mass is 35.5. The van der Waals surface area contributed by atoms with Crippen LogP contribution in [0.1, 0.15) is 13.3 Å². The van der Waals surface area contributed by atoms with E-state index < -0.39 is 17.9 Å². The van der Waals surface area contributed by atoms with Gasteiger partial charge in [-0.25, -0.2) is 0 Å². The van der Waals surface area contributed by atoms with Gasteiger partial charge in [0.1, 0.15) is 0 Å². The zero-order valence-corrected chi connectivity index (χ0v) is 9.13. The van der Waals surface area contributed by atoms with Crippen molar-refractivity contribution in [3.8, 4) is 0 Å². The number of halogens is 1. The van der Waals surface area contributed by atoms with Crippen molar-refractivity contribution >= 4 is 23.5 Å². The number of carbonyl (C=O) groups is 2. The summed E-state index contributed by atoms with van der Waals surface area (Å²) in [4.78, 5) is 22.3. The first-order valence-electron chi connectivity index (χ1n) is 3.98. The maximum atomic E-state index is 11.2. The van der Waals surface area contributed by atoms with Gasteiger partial charge in [0.25, 0.3) is 0 Å². The first-order valence-corrected chi connectivity index (χ1v) is 4.42. The standard InChI is InChI=1S/C9H13ClO4/c1-6(5-10)4-7(8(11)13-2)9(12)14-3/h5,7H,4H2,1-3H3. The lowest BCUT2D eigenvalue weighted by molar-refractivity contribution is -0.158. The molecule has 5 heteroatoms. The minimum atomic E-state index is -0.931. The summed E-state index contributed by atoms with van der Waals surface area (Å²) in [6, 6.07) is 0. The number of esters is 2. The van der Waals surface area contributed by atoms with Gasteiger partial charge in [-0.15, -0.1) is 0 Å². The number of hydrogen-bond donors (Lipinski definition) is 0. The minimum Gasteiger partial charge on any atom is -0.468 e. The molecule has 0 aliphatic heterocycles. The molecule has 0 rings (SSSR count). The molecule has 0 aromatic heterocycles. The van der Waals surface area contributed by atoms with Crippen molar-refractivity contribution in [2.75, 3.05) is 14.2 Å². The molecule has 0 aromatic carbocycles. The van der Waals surface area contributed by atoms with Gasteiger partial charge in [0.05, 0.1) is 14.2 Å². The average Bonchev–Trinajstić information content (AvgIpc) is 2.23. The van der Waals surface area contributed by atoms with Crippen LogP contribution in [0.5, 0.6) is 0 Å². The Bertz CT molecular complexity index is 231. The highest BCUT2D eigenvalue weighted by Crippen LogP contribution is 2.15. The number of hydrogen-bond acceptors (Lipinski definition) is 4. The third-order valence-corrected chi connectivity index (χ3v) is 2.06. The van der Waals surface area contributed by atoms with Crippen LogP contribution in [0.3, 0.4) is 0 Å². The van der Waals surface area contributed by atoms with E-state index in [-0.39, 0.29) is 6.42 Å². The molecule has 0 saturated carbocycles. The van der Waals surface area contributed by atoms with Crippen LogP contribution in [0.2, 0.25) is 0 Å². The maximum Gasteiger partial charge on any atom is 0.320 e. The predicted molar refractivity (Wildman–Crippen MR) is 51.7 cm³/mol. The van der Waals surface area contributed by atoms with E-state index in [1.807, 2.05) is 0 Å². The third-order valence-electron chi connectivity index (χ3n) is 1.68. The van der Waals surface area contributed by atoms with E-state index in [0.29, 0.717) is 5.57 Å². The molecule has 0 fully saturated rings. The smallest absolute Gasteiger partial charge is 0.320 e. The Kier molecular flexibility index (Phi) is 5.95. The molecule has 0 unspecified atom stereocenters. The summed E-state index contributed by atoms with van der Waals surface area (Å²) in [6.07, 6.45) is 0.211. The summed E-state index contributed by atoms with van der Waals surface area (Å²) in [5, 5.41) is 0. The number of allylic oxidation sites excluding steroid dienone is 1. The van der Waals surface area contributed by atoms with Crippen molar-refractivity contribution in [3.63, 3.8) is 0 Å². The van der Waals surface area contributed by atoms with Crippen LogP contribution in [0.25, 0.3) is 0 Å². The SMILES string of the molecule is COC(=O)C(CC(C)=CCl)C(=O)OC. The fraction of sp³-hybridized carbons (Fsp3) is 0.556. The molecule has 0 aromatic rings. The Hall–Kier alpha value is -1.03. The predicted octanol–water partition coefficient (Wildman–Crippen LogP) is 1.48. The second-order valence-electron chi connectivity index (χ2n) is 2.76. The third kappa shape index (κ3) is 3.79. The van der Waals surface area contributed by atoms with Crippen LogP contribution in [-0.4, -0.2) is 26.2 Å². The second kappa shape index (κ2) is 6.43. The van der Waals surface area contributed by atoms with Crippen molar-refractivity contribution in [1.29, 1.82) is 0 Å². The van der Waals surface area contributed by atoms with Gasteiger partial charge in [-0.3, -0.25) is 9.59 Å². The molecule has 0 bridgehead atoms. The molecule has 0 spiro atoms. The van der Waals surface area contributed by atoms with E-state index in [2.05, 4.69) is 9.47 Å².